The largest absolute Gasteiger partial charge is 0.389 e. The summed E-state index contributed by atoms with van der Waals surface area (Å²) in [5, 5.41) is 2.59. The summed E-state index contributed by atoms with van der Waals surface area (Å²) in [5.74, 6) is -3.10. The van der Waals surface area contributed by atoms with E-state index in [9.17, 15) is 35.2 Å². The van der Waals surface area contributed by atoms with Crippen LogP contribution in [0.1, 0.15) is 30.5 Å². The van der Waals surface area contributed by atoms with Crippen LogP contribution in [0.2, 0.25) is 0 Å². The van der Waals surface area contributed by atoms with Gasteiger partial charge in [0.1, 0.15) is 6.04 Å². The van der Waals surface area contributed by atoms with Crippen LogP contribution in [0.25, 0.3) is 0 Å². The maximum absolute atomic E-state index is 13.5. The molecule has 2 aromatic rings. The number of hydrogen-bond acceptors (Lipinski definition) is 4. The molecule has 0 unspecified atom stereocenters. The zero-order valence-electron chi connectivity index (χ0n) is 16.7. The van der Waals surface area contributed by atoms with Crippen molar-refractivity contribution < 1.29 is 35.2 Å². The molecule has 2 heterocycles. The second-order valence-electron chi connectivity index (χ2n) is 7.34. The molecule has 32 heavy (non-hydrogen) atoms. The molecular weight excluding hydrogens is 457 g/mol. The van der Waals surface area contributed by atoms with E-state index >= 15 is 0 Å². The number of pyridine rings is 1. The van der Waals surface area contributed by atoms with Gasteiger partial charge in [-0.2, -0.15) is 17.5 Å². The Bertz CT molecular complexity index is 1090. The van der Waals surface area contributed by atoms with Crippen molar-refractivity contribution in [1.82, 2.24) is 14.6 Å². The van der Waals surface area contributed by atoms with E-state index in [2.05, 4.69) is 10.3 Å². The van der Waals surface area contributed by atoms with Crippen molar-refractivity contribution >= 4 is 15.9 Å². The minimum Gasteiger partial charge on any atom is -0.351 e. The Hall–Kier alpha value is -2.60. The summed E-state index contributed by atoms with van der Waals surface area (Å²) >= 11 is 0. The van der Waals surface area contributed by atoms with E-state index in [0.29, 0.717) is 24.1 Å². The number of benzene rings is 1. The summed E-state index contributed by atoms with van der Waals surface area (Å²) in [7, 11) is -4.23. The van der Waals surface area contributed by atoms with E-state index in [1.165, 1.54) is 18.3 Å². The first kappa shape index (κ1) is 24.1. The highest BCUT2D eigenvalue weighted by atomic mass is 32.2. The van der Waals surface area contributed by atoms with Crippen LogP contribution >= 0.6 is 0 Å². The van der Waals surface area contributed by atoms with Gasteiger partial charge in [-0.25, -0.2) is 17.2 Å². The van der Waals surface area contributed by atoms with Gasteiger partial charge in [-0.1, -0.05) is 0 Å². The Balaban J connectivity index is 1.67. The molecule has 1 N–H and O–H groups in total. The molecule has 0 saturated carbocycles. The Kier molecular flexibility index (Phi) is 7.13. The van der Waals surface area contributed by atoms with Crippen molar-refractivity contribution in [3.63, 3.8) is 0 Å². The van der Waals surface area contributed by atoms with Gasteiger partial charge in [0, 0.05) is 31.4 Å². The number of aromatic nitrogens is 1. The fourth-order valence-electron chi connectivity index (χ4n) is 3.41. The third kappa shape index (κ3) is 5.80. The molecule has 1 aliphatic heterocycles. The monoisotopic (exact) mass is 477 g/mol. The Morgan fingerprint density at radius 3 is 2.59 bits per heavy atom. The molecule has 0 bridgehead atoms. The summed E-state index contributed by atoms with van der Waals surface area (Å²) in [4.78, 5) is 16.1. The van der Waals surface area contributed by atoms with Gasteiger partial charge in [0.25, 0.3) is 0 Å². The molecule has 174 valence electrons. The molecular formula is C20H20F5N3O3S. The molecule has 0 aliphatic carbocycles. The van der Waals surface area contributed by atoms with Crippen molar-refractivity contribution in [2.24, 2.45) is 0 Å². The summed E-state index contributed by atoms with van der Waals surface area (Å²) in [5.41, 5.74) is 0.732. The Labute approximate surface area is 181 Å². The molecule has 3 rings (SSSR count). The smallest absolute Gasteiger partial charge is 0.351 e. The average Bonchev–Trinajstić information content (AvgIpc) is 3.23. The summed E-state index contributed by atoms with van der Waals surface area (Å²) in [6, 6.07) is 4.13. The molecule has 1 aliphatic rings. The number of halogens is 5. The van der Waals surface area contributed by atoms with E-state index in [4.69, 9.17) is 0 Å². The summed E-state index contributed by atoms with van der Waals surface area (Å²) < 4.78 is 90.5. The van der Waals surface area contributed by atoms with Gasteiger partial charge >= 0.3 is 6.18 Å². The first-order valence-corrected chi connectivity index (χ1v) is 11.2. The maximum atomic E-state index is 13.5. The lowest BCUT2D eigenvalue weighted by Gasteiger charge is -2.23. The molecule has 0 radical (unpaired) electrons. The lowest BCUT2D eigenvalue weighted by Crippen LogP contribution is -2.45. The number of hydrogen-bond donors (Lipinski definition) is 1. The summed E-state index contributed by atoms with van der Waals surface area (Å²) in [6.45, 7) is 0.00615. The van der Waals surface area contributed by atoms with Gasteiger partial charge in [-0.3, -0.25) is 9.78 Å². The van der Waals surface area contributed by atoms with E-state index in [1.54, 1.807) is 0 Å². The standard InChI is InChI=1S/C20H20F5N3O3S/c21-16-4-3-15(11-17(16)22)32(30,31)28-9-1-2-18(28)19(29)27-12-13-6-8-26-14(10-13)5-7-20(23,24)25/h3-4,6,8,10-11,18H,1-2,5,7,9,12H2,(H,27,29)/t18-/m0/s1. The van der Waals surface area contributed by atoms with Gasteiger partial charge in [0.15, 0.2) is 11.6 Å². The van der Waals surface area contributed by atoms with Gasteiger partial charge in [0.2, 0.25) is 15.9 Å². The highest BCUT2D eigenvalue weighted by molar-refractivity contribution is 7.89. The van der Waals surface area contributed by atoms with Crippen LogP contribution in [0.15, 0.2) is 41.4 Å². The highest BCUT2D eigenvalue weighted by Gasteiger charge is 2.39. The molecule has 12 heteroatoms. The topological polar surface area (TPSA) is 79.4 Å². The first-order valence-electron chi connectivity index (χ1n) is 9.72. The minimum absolute atomic E-state index is 0.0318. The molecule has 1 fully saturated rings. The van der Waals surface area contributed by atoms with Crippen molar-refractivity contribution in [3.05, 3.63) is 59.4 Å². The lowest BCUT2D eigenvalue weighted by molar-refractivity contribution is -0.134. The van der Waals surface area contributed by atoms with Crippen LogP contribution in [-0.2, 0) is 27.8 Å². The van der Waals surface area contributed by atoms with Crippen LogP contribution in [0.5, 0.6) is 0 Å². The number of nitrogens with zero attached hydrogens (tertiary/aromatic N) is 2. The quantitative estimate of drug-likeness (QED) is 0.621. The predicted octanol–water partition coefficient (Wildman–Crippen LogP) is 3.32. The molecule has 1 atom stereocenters. The maximum Gasteiger partial charge on any atom is 0.389 e. The van der Waals surface area contributed by atoms with E-state index in [-0.39, 0.29) is 31.6 Å². The zero-order chi connectivity index (χ0) is 23.5. The number of alkyl halides is 3. The number of sulfonamides is 1. The van der Waals surface area contributed by atoms with Crippen molar-refractivity contribution in [1.29, 1.82) is 0 Å². The van der Waals surface area contributed by atoms with E-state index < -0.39 is 51.1 Å². The SMILES string of the molecule is O=C(NCc1ccnc(CCC(F)(F)F)c1)[C@@H]1CCCN1S(=O)(=O)c1ccc(F)c(F)c1. The molecule has 1 amide bonds. The van der Waals surface area contributed by atoms with Crippen molar-refractivity contribution in [2.75, 3.05) is 6.54 Å². The number of amides is 1. The number of carbonyl (C=O) groups excluding carboxylic acids is 1. The molecule has 1 aromatic carbocycles. The van der Waals surface area contributed by atoms with Gasteiger partial charge in [0.05, 0.1) is 4.90 Å². The third-order valence-electron chi connectivity index (χ3n) is 5.02. The van der Waals surface area contributed by atoms with Crippen molar-refractivity contribution in [2.45, 2.75) is 49.3 Å². The lowest BCUT2D eigenvalue weighted by atomic mass is 10.1. The van der Waals surface area contributed by atoms with Crippen LogP contribution < -0.4 is 5.32 Å². The second kappa shape index (κ2) is 9.49. The highest BCUT2D eigenvalue weighted by Crippen LogP contribution is 2.27. The van der Waals surface area contributed by atoms with Crippen LogP contribution in [0, 0.1) is 11.6 Å². The fraction of sp³-hybridized carbons (Fsp3) is 0.400. The van der Waals surface area contributed by atoms with Crippen molar-refractivity contribution in [3.8, 4) is 0 Å². The molecule has 1 saturated heterocycles. The molecule has 0 spiro atoms. The molecule has 6 nitrogen and oxygen atoms in total. The normalized spacial score (nSPS) is 17.5. The third-order valence-corrected chi connectivity index (χ3v) is 6.92. The van der Waals surface area contributed by atoms with Crippen LogP contribution in [-0.4, -0.2) is 42.4 Å². The minimum atomic E-state index is -4.31. The Morgan fingerprint density at radius 2 is 1.91 bits per heavy atom. The van der Waals surface area contributed by atoms with Crippen LogP contribution in [0.4, 0.5) is 22.0 Å². The Morgan fingerprint density at radius 1 is 1.16 bits per heavy atom. The number of aryl methyl sites for hydroxylation is 1. The molecule has 1 aromatic heterocycles. The van der Waals surface area contributed by atoms with Crippen LogP contribution in [0.3, 0.4) is 0 Å². The van der Waals surface area contributed by atoms with E-state index in [0.717, 1.165) is 10.4 Å². The van der Waals surface area contributed by atoms with E-state index in [1.807, 2.05) is 0 Å². The zero-order valence-corrected chi connectivity index (χ0v) is 17.5. The average molecular weight is 477 g/mol. The number of rotatable bonds is 7. The van der Waals surface area contributed by atoms with Gasteiger partial charge < -0.3 is 5.32 Å². The summed E-state index contributed by atoms with van der Waals surface area (Å²) in [6.07, 6.45) is -3.65. The van der Waals surface area contributed by atoms with Gasteiger partial charge in [-0.05, 0) is 55.2 Å². The van der Waals surface area contributed by atoms with Gasteiger partial charge in [-0.15, -0.1) is 0 Å². The number of carbonyl (C=O) groups is 1. The predicted molar refractivity (Wildman–Crippen MR) is 104 cm³/mol. The fourth-order valence-corrected chi connectivity index (χ4v) is 5.08. The second-order valence-corrected chi connectivity index (χ2v) is 9.23. The first-order chi connectivity index (χ1) is 15.0. The number of nitrogens with one attached hydrogen (secondary N) is 1.